The third-order valence-electron chi connectivity index (χ3n) is 5.23. The van der Waals surface area contributed by atoms with Crippen molar-refractivity contribution in [2.24, 2.45) is 0 Å². The zero-order valence-corrected chi connectivity index (χ0v) is 19.7. The maximum atomic E-state index is 12.4. The molecule has 0 unspecified atom stereocenters. The highest BCUT2D eigenvalue weighted by Crippen LogP contribution is 2.32. The second kappa shape index (κ2) is 10.5. The number of nitrogen functional groups attached to an aromatic ring is 1. The molecule has 3 aromatic carbocycles. The van der Waals surface area contributed by atoms with E-state index in [-0.39, 0.29) is 13.4 Å². The molecule has 4 rings (SSSR count). The lowest BCUT2D eigenvalue weighted by Gasteiger charge is -2.14. The Morgan fingerprint density at radius 3 is 2.65 bits per heavy atom. The number of rotatable bonds is 9. The molecule has 0 saturated carbocycles. The molecular formula is C26H25ClN2O5. The molecular weight excluding hydrogens is 456 g/mol. The standard InChI is InChI=1S/C26H25ClN2O5/c1-3-32-26(30)21-10-8-18(12-25(21)34-16-31-2)29-14-23(28)20-11-9-19(13-24(20)29)33-15-17-6-4-5-7-22(17)27/h4-14H,3,15-16,28H2,1-2H3. The van der Waals surface area contributed by atoms with Crippen molar-refractivity contribution in [3.63, 3.8) is 0 Å². The molecule has 0 saturated heterocycles. The van der Waals surface area contributed by atoms with Crippen molar-refractivity contribution in [3.05, 3.63) is 83.0 Å². The summed E-state index contributed by atoms with van der Waals surface area (Å²) in [6, 6.07) is 18.5. The topological polar surface area (TPSA) is 84.9 Å². The van der Waals surface area contributed by atoms with Gasteiger partial charge in [-0.05, 0) is 37.3 Å². The molecule has 0 radical (unpaired) electrons. The van der Waals surface area contributed by atoms with Crippen molar-refractivity contribution in [1.29, 1.82) is 0 Å². The number of esters is 1. The van der Waals surface area contributed by atoms with Crippen molar-refractivity contribution < 1.29 is 23.7 Å². The van der Waals surface area contributed by atoms with E-state index >= 15 is 0 Å². The van der Waals surface area contributed by atoms with Gasteiger partial charge >= 0.3 is 5.97 Å². The number of hydrogen-bond donors (Lipinski definition) is 1. The number of hydrogen-bond acceptors (Lipinski definition) is 6. The highest BCUT2D eigenvalue weighted by atomic mass is 35.5. The number of anilines is 1. The summed E-state index contributed by atoms with van der Waals surface area (Å²) in [4.78, 5) is 12.4. The van der Waals surface area contributed by atoms with Gasteiger partial charge in [0.15, 0.2) is 6.79 Å². The Morgan fingerprint density at radius 2 is 1.88 bits per heavy atom. The van der Waals surface area contributed by atoms with E-state index in [0.717, 1.165) is 22.2 Å². The SMILES string of the molecule is CCOC(=O)c1ccc(-n2cc(N)c3ccc(OCc4ccccc4Cl)cc32)cc1OCOC. The summed E-state index contributed by atoms with van der Waals surface area (Å²) >= 11 is 6.25. The van der Waals surface area contributed by atoms with Gasteiger partial charge < -0.3 is 29.2 Å². The number of methoxy groups -OCH3 is 1. The molecule has 0 aliphatic heterocycles. The predicted octanol–water partition coefficient (Wildman–Crippen LogP) is 5.60. The quantitative estimate of drug-likeness (QED) is 0.248. The van der Waals surface area contributed by atoms with E-state index in [9.17, 15) is 4.79 Å². The summed E-state index contributed by atoms with van der Waals surface area (Å²) in [7, 11) is 1.51. The highest BCUT2D eigenvalue weighted by Gasteiger charge is 2.17. The van der Waals surface area contributed by atoms with E-state index in [2.05, 4.69) is 0 Å². The van der Waals surface area contributed by atoms with Gasteiger partial charge in [-0.15, -0.1) is 0 Å². The van der Waals surface area contributed by atoms with Crippen LogP contribution in [0.4, 0.5) is 5.69 Å². The molecule has 0 bridgehead atoms. The van der Waals surface area contributed by atoms with Gasteiger partial charge in [-0.25, -0.2) is 4.79 Å². The normalized spacial score (nSPS) is 10.9. The Balaban J connectivity index is 1.69. The molecule has 0 amide bonds. The van der Waals surface area contributed by atoms with Crippen LogP contribution in [0.2, 0.25) is 5.02 Å². The minimum absolute atomic E-state index is 0.00947. The first-order valence-electron chi connectivity index (χ1n) is 10.7. The van der Waals surface area contributed by atoms with Crippen LogP contribution in [-0.4, -0.2) is 31.0 Å². The highest BCUT2D eigenvalue weighted by molar-refractivity contribution is 6.31. The third kappa shape index (κ3) is 4.95. The average Bonchev–Trinajstić information content (AvgIpc) is 3.18. The molecule has 0 aliphatic rings. The van der Waals surface area contributed by atoms with E-state index in [4.69, 9.17) is 36.3 Å². The van der Waals surface area contributed by atoms with Gasteiger partial charge in [0, 0.05) is 47.1 Å². The van der Waals surface area contributed by atoms with Crippen LogP contribution < -0.4 is 15.2 Å². The number of carbonyl (C=O) groups is 1. The first-order valence-corrected chi connectivity index (χ1v) is 11.1. The lowest BCUT2D eigenvalue weighted by molar-refractivity contribution is 0.0438. The van der Waals surface area contributed by atoms with Gasteiger partial charge in [0.05, 0.1) is 17.8 Å². The van der Waals surface area contributed by atoms with Crippen LogP contribution in [0.3, 0.4) is 0 Å². The van der Waals surface area contributed by atoms with Crippen LogP contribution in [0.5, 0.6) is 11.5 Å². The molecule has 7 nitrogen and oxygen atoms in total. The van der Waals surface area contributed by atoms with E-state index in [0.29, 0.717) is 34.4 Å². The maximum Gasteiger partial charge on any atom is 0.341 e. The van der Waals surface area contributed by atoms with Crippen LogP contribution in [0, 0.1) is 0 Å². The summed E-state index contributed by atoms with van der Waals surface area (Å²) in [6.07, 6.45) is 1.82. The Kier molecular flexibility index (Phi) is 7.25. The predicted molar refractivity (Wildman–Crippen MR) is 132 cm³/mol. The zero-order valence-electron chi connectivity index (χ0n) is 18.9. The van der Waals surface area contributed by atoms with Crippen molar-refractivity contribution in [1.82, 2.24) is 4.57 Å². The van der Waals surface area contributed by atoms with Crippen molar-refractivity contribution >= 4 is 34.2 Å². The van der Waals surface area contributed by atoms with Crippen LogP contribution in [0.25, 0.3) is 16.6 Å². The Morgan fingerprint density at radius 1 is 1.06 bits per heavy atom. The van der Waals surface area contributed by atoms with Gasteiger partial charge in [0.2, 0.25) is 0 Å². The lowest BCUT2D eigenvalue weighted by Crippen LogP contribution is -2.10. The Bertz CT molecular complexity index is 1320. The van der Waals surface area contributed by atoms with Crippen molar-refractivity contribution in [3.8, 4) is 17.2 Å². The molecule has 0 fully saturated rings. The van der Waals surface area contributed by atoms with Crippen molar-refractivity contribution in [2.75, 3.05) is 26.2 Å². The number of aromatic nitrogens is 1. The zero-order chi connectivity index (χ0) is 24.1. The number of benzene rings is 3. The van der Waals surface area contributed by atoms with Crippen LogP contribution >= 0.6 is 11.6 Å². The fourth-order valence-electron chi connectivity index (χ4n) is 3.59. The number of fused-ring (bicyclic) bond motifs is 1. The first kappa shape index (κ1) is 23.5. The maximum absolute atomic E-state index is 12.4. The van der Waals surface area contributed by atoms with E-state index in [1.807, 2.05) is 59.3 Å². The van der Waals surface area contributed by atoms with E-state index < -0.39 is 5.97 Å². The lowest BCUT2D eigenvalue weighted by atomic mass is 10.1. The molecule has 34 heavy (non-hydrogen) atoms. The Hall–Kier alpha value is -3.68. The third-order valence-corrected chi connectivity index (χ3v) is 5.60. The molecule has 1 heterocycles. The summed E-state index contributed by atoms with van der Waals surface area (Å²) in [5, 5.41) is 1.53. The smallest absolute Gasteiger partial charge is 0.341 e. The summed E-state index contributed by atoms with van der Waals surface area (Å²) in [6.45, 7) is 2.34. The fourth-order valence-corrected chi connectivity index (χ4v) is 3.78. The minimum atomic E-state index is -0.465. The monoisotopic (exact) mass is 480 g/mol. The molecule has 8 heteroatoms. The van der Waals surface area contributed by atoms with E-state index in [1.54, 1.807) is 19.1 Å². The van der Waals surface area contributed by atoms with Crippen LogP contribution in [0.15, 0.2) is 66.9 Å². The molecule has 4 aromatic rings. The van der Waals surface area contributed by atoms with Crippen LogP contribution in [-0.2, 0) is 16.1 Å². The van der Waals surface area contributed by atoms with Crippen molar-refractivity contribution in [2.45, 2.75) is 13.5 Å². The number of halogens is 1. The summed E-state index contributed by atoms with van der Waals surface area (Å²) < 4.78 is 23.7. The molecule has 0 spiro atoms. The second-order valence-electron chi connectivity index (χ2n) is 7.47. The first-order chi connectivity index (χ1) is 16.5. The molecule has 0 atom stereocenters. The number of nitrogens with zero attached hydrogens (tertiary/aromatic N) is 1. The van der Waals surface area contributed by atoms with E-state index in [1.165, 1.54) is 7.11 Å². The number of nitrogens with two attached hydrogens (primary N) is 1. The molecule has 1 aromatic heterocycles. The van der Waals surface area contributed by atoms with Crippen LogP contribution in [0.1, 0.15) is 22.8 Å². The molecule has 2 N–H and O–H groups in total. The van der Waals surface area contributed by atoms with Gasteiger partial charge in [0.1, 0.15) is 23.7 Å². The van der Waals surface area contributed by atoms with Gasteiger partial charge in [-0.2, -0.15) is 0 Å². The Labute approximate surface area is 202 Å². The summed E-state index contributed by atoms with van der Waals surface area (Å²) in [5.41, 5.74) is 9.70. The van der Waals surface area contributed by atoms with Gasteiger partial charge in [-0.1, -0.05) is 29.8 Å². The molecule has 0 aliphatic carbocycles. The largest absolute Gasteiger partial charge is 0.489 e. The minimum Gasteiger partial charge on any atom is -0.489 e. The van der Waals surface area contributed by atoms with Gasteiger partial charge in [0.25, 0.3) is 0 Å². The van der Waals surface area contributed by atoms with Gasteiger partial charge in [-0.3, -0.25) is 0 Å². The number of ether oxygens (including phenoxy) is 4. The average molecular weight is 481 g/mol. The summed E-state index contributed by atoms with van der Waals surface area (Å²) in [5.74, 6) is 0.558. The molecule has 176 valence electrons. The number of carbonyl (C=O) groups excluding carboxylic acids is 1. The fraction of sp³-hybridized carbons (Fsp3) is 0.192. The second-order valence-corrected chi connectivity index (χ2v) is 7.87.